The lowest BCUT2D eigenvalue weighted by atomic mass is 10.1. The van der Waals surface area contributed by atoms with Gasteiger partial charge in [-0.1, -0.05) is 35.9 Å². The van der Waals surface area contributed by atoms with Gasteiger partial charge in [0.05, 0.1) is 0 Å². The van der Waals surface area contributed by atoms with E-state index in [-0.39, 0.29) is 0 Å². The number of pyridine rings is 1. The van der Waals surface area contributed by atoms with Crippen molar-refractivity contribution >= 4 is 5.82 Å². The molecule has 4 nitrogen and oxygen atoms in total. The quantitative estimate of drug-likeness (QED) is 0.789. The van der Waals surface area contributed by atoms with Crippen LogP contribution < -0.4 is 5.32 Å². The largest absolute Gasteiger partial charge is 0.366 e. The molecule has 0 fully saturated rings. The van der Waals surface area contributed by atoms with Crippen molar-refractivity contribution in [3.05, 3.63) is 71.0 Å². The average molecular weight is 304 g/mol. The highest BCUT2D eigenvalue weighted by molar-refractivity contribution is 5.56. The van der Waals surface area contributed by atoms with Crippen molar-refractivity contribution < 1.29 is 0 Å². The van der Waals surface area contributed by atoms with Gasteiger partial charge in [0.15, 0.2) is 5.82 Å². The number of aromatic nitrogens is 3. The topological polar surface area (TPSA) is 50.7 Å². The lowest BCUT2D eigenvalue weighted by molar-refractivity contribution is 1.02. The van der Waals surface area contributed by atoms with E-state index >= 15 is 0 Å². The first kappa shape index (κ1) is 15.2. The number of rotatable bonds is 4. The summed E-state index contributed by atoms with van der Waals surface area (Å²) >= 11 is 0. The minimum Gasteiger partial charge on any atom is -0.366 e. The molecule has 0 amide bonds. The van der Waals surface area contributed by atoms with Crippen molar-refractivity contribution in [2.45, 2.75) is 27.3 Å². The number of nitrogens with one attached hydrogen (secondary N) is 1. The van der Waals surface area contributed by atoms with E-state index in [1.165, 1.54) is 11.1 Å². The van der Waals surface area contributed by atoms with Gasteiger partial charge in [-0.05, 0) is 38.5 Å². The van der Waals surface area contributed by atoms with Crippen molar-refractivity contribution in [2.75, 3.05) is 5.32 Å². The Morgan fingerprint density at radius 1 is 0.913 bits per heavy atom. The maximum absolute atomic E-state index is 4.65. The van der Waals surface area contributed by atoms with Gasteiger partial charge in [0, 0.05) is 24.0 Å². The Morgan fingerprint density at radius 2 is 1.70 bits per heavy atom. The van der Waals surface area contributed by atoms with Crippen LogP contribution >= 0.6 is 0 Å². The van der Waals surface area contributed by atoms with Gasteiger partial charge in [0.1, 0.15) is 11.5 Å². The number of nitrogens with zero attached hydrogens (tertiary/aromatic N) is 3. The molecule has 0 radical (unpaired) electrons. The second-order valence-corrected chi connectivity index (χ2v) is 5.66. The lowest BCUT2D eigenvalue weighted by Gasteiger charge is -2.12. The van der Waals surface area contributed by atoms with Crippen LogP contribution in [0, 0.1) is 20.8 Å². The molecule has 116 valence electrons. The first-order valence-corrected chi connectivity index (χ1v) is 7.69. The fraction of sp³-hybridized carbons (Fsp3) is 0.211. The van der Waals surface area contributed by atoms with Crippen LogP contribution in [0.25, 0.3) is 11.5 Å². The summed E-state index contributed by atoms with van der Waals surface area (Å²) in [6.07, 6.45) is 1.76. The second kappa shape index (κ2) is 6.57. The van der Waals surface area contributed by atoms with E-state index in [2.05, 4.69) is 51.5 Å². The Bertz CT molecular complexity index is 796. The molecule has 3 aromatic rings. The van der Waals surface area contributed by atoms with Gasteiger partial charge < -0.3 is 5.32 Å². The lowest BCUT2D eigenvalue weighted by Crippen LogP contribution is -2.07. The van der Waals surface area contributed by atoms with E-state index in [9.17, 15) is 0 Å². The van der Waals surface area contributed by atoms with Crippen LogP contribution in [0.1, 0.15) is 22.4 Å². The highest BCUT2D eigenvalue weighted by Crippen LogP contribution is 2.20. The number of benzene rings is 1. The van der Waals surface area contributed by atoms with Crippen LogP contribution in [0.15, 0.2) is 48.7 Å². The van der Waals surface area contributed by atoms with Gasteiger partial charge >= 0.3 is 0 Å². The van der Waals surface area contributed by atoms with Crippen molar-refractivity contribution in [1.29, 1.82) is 0 Å². The molecular weight excluding hydrogens is 284 g/mol. The van der Waals surface area contributed by atoms with E-state index in [1.54, 1.807) is 6.20 Å². The first-order valence-electron chi connectivity index (χ1n) is 7.69. The molecule has 0 spiro atoms. The molecule has 4 heteroatoms. The van der Waals surface area contributed by atoms with Gasteiger partial charge in [-0.3, -0.25) is 4.98 Å². The first-order chi connectivity index (χ1) is 11.1. The molecule has 0 saturated carbocycles. The van der Waals surface area contributed by atoms with E-state index in [1.807, 2.05) is 32.0 Å². The van der Waals surface area contributed by atoms with Crippen LogP contribution in [-0.4, -0.2) is 15.0 Å². The summed E-state index contributed by atoms with van der Waals surface area (Å²) < 4.78 is 0. The number of anilines is 1. The average Bonchev–Trinajstić information content (AvgIpc) is 2.58. The predicted molar refractivity (Wildman–Crippen MR) is 93.2 cm³/mol. The maximum Gasteiger partial charge on any atom is 0.180 e. The molecule has 23 heavy (non-hydrogen) atoms. The molecule has 1 aromatic carbocycles. The molecular formula is C19H20N4. The van der Waals surface area contributed by atoms with Crippen molar-refractivity contribution in [3.8, 4) is 11.5 Å². The minimum atomic E-state index is 0.653. The standard InChI is InChI=1S/C19H20N4/c1-13-7-9-16(10-8-13)12-21-18-14(2)15(3)22-19(23-18)17-6-4-5-11-20-17/h4-11H,12H2,1-3H3,(H,21,22,23). The van der Waals surface area contributed by atoms with Gasteiger partial charge in [-0.2, -0.15) is 0 Å². The van der Waals surface area contributed by atoms with E-state index in [0.29, 0.717) is 5.82 Å². The van der Waals surface area contributed by atoms with Crippen LogP contribution in [0.4, 0.5) is 5.82 Å². The smallest absolute Gasteiger partial charge is 0.180 e. The molecule has 0 aliphatic rings. The Hall–Kier alpha value is -2.75. The fourth-order valence-corrected chi connectivity index (χ4v) is 2.30. The summed E-state index contributed by atoms with van der Waals surface area (Å²) in [6.45, 7) is 6.86. The molecule has 2 aromatic heterocycles. The summed E-state index contributed by atoms with van der Waals surface area (Å²) in [6, 6.07) is 14.3. The molecule has 0 atom stereocenters. The zero-order valence-electron chi connectivity index (χ0n) is 13.7. The monoisotopic (exact) mass is 304 g/mol. The van der Waals surface area contributed by atoms with Gasteiger partial charge in [0.2, 0.25) is 0 Å². The van der Waals surface area contributed by atoms with E-state index in [0.717, 1.165) is 29.3 Å². The predicted octanol–water partition coefficient (Wildman–Crippen LogP) is 4.08. The normalized spacial score (nSPS) is 10.6. The molecule has 0 bridgehead atoms. The third-order valence-corrected chi connectivity index (χ3v) is 3.86. The summed E-state index contributed by atoms with van der Waals surface area (Å²) in [5.74, 6) is 1.51. The number of hydrogen-bond acceptors (Lipinski definition) is 4. The minimum absolute atomic E-state index is 0.653. The van der Waals surface area contributed by atoms with Gasteiger partial charge in [-0.15, -0.1) is 0 Å². The van der Waals surface area contributed by atoms with E-state index < -0.39 is 0 Å². The Labute approximate surface area is 136 Å². The molecule has 0 aliphatic carbocycles. The molecule has 0 aliphatic heterocycles. The van der Waals surface area contributed by atoms with Gasteiger partial charge in [-0.25, -0.2) is 9.97 Å². The number of hydrogen-bond donors (Lipinski definition) is 1. The Morgan fingerprint density at radius 3 is 2.39 bits per heavy atom. The molecule has 0 saturated heterocycles. The fourth-order valence-electron chi connectivity index (χ4n) is 2.30. The summed E-state index contributed by atoms with van der Waals surface area (Å²) in [5, 5.41) is 3.42. The molecule has 0 unspecified atom stereocenters. The Balaban J connectivity index is 1.86. The SMILES string of the molecule is Cc1ccc(CNc2nc(-c3ccccn3)nc(C)c2C)cc1. The number of aryl methyl sites for hydroxylation is 2. The van der Waals surface area contributed by atoms with Crippen LogP contribution in [0.2, 0.25) is 0 Å². The Kier molecular flexibility index (Phi) is 4.33. The zero-order valence-corrected chi connectivity index (χ0v) is 13.7. The van der Waals surface area contributed by atoms with Crippen LogP contribution in [0.5, 0.6) is 0 Å². The highest BCUT2D eigenvalue weighted by Gasteiger charge is 2.10. The highest BCUT2D eigenvalue weighted by atomic mass is 15.0. The third-order valence-electron chi connectivity index (χ3n) is 3.86. The summed E-state index contributed by atoms with van der Waals surface area (Å²) in [4.78, 5) is 13.5. The molecule has 1 N–H and O–H groups in total. The van der Waals surface area contributed by atoms with Crippen molar-refractivity contribution in [3.63, 3.8) is 0 Å². The van der Waals surface area contributed by atoms with Crippen molar-refractivity contribution in [2.24, 2.45) is 0 Å². The van der Waals surface area contributed by atoms with Crippen LogP contribution in [-0.2, 0) is 6.54 Å². The van der Waals surface area contributed by atoms with Crippen LogP contribution in [0.3, 0.4) is 0 Å². The third kappa shape index (κ3) is 3.54. The summed E-state index contributed by atoms with van der Waals surface area (Å²) in [5.41, 5.74) is 5.31. The van der Waals surface area contributed by atoms with Crippen molar-refractivity contribution in [1.82, 2.24) is 15.0 Å². The molecule has 2 heterocycles. The maximum atomic E-state index is 4.65. The zero-order chi connectivity index (χ0) is 16.2. The van der Waals surface area contributed by atoms with E-state index in [4.69, 9.17) is 0 Å². The second-order valence-electron chi connectivity index (χ2n) is 5.66. The van der Waals surface area contributed by atoms with Gasteiger partial charge in [0.25, 0.3) is 0 Å². The summed E-state index contributed by atoms with van der Waals surface area (Å²) in [7, 11) is 0. The molecule has 3 rings (SSSR count).